The molecule has 0 radical (unpaired) electrons. The van der Waals surface area contributed by atoms with Crippen molar-refractivity contribution in [3.63, 3.8) is 0 Å². The van der Waals surface area contributed by atoms with E-state index in [1.807, 2.05) is 0 Å². The molecule has 0 saturated heterocycles. The minimum Gasteiger partial charge on any atom is -0.507 e. The molecule has 0 aromatic heterocycles. The molecule has 1 unspecified atom stereocenters. The van der Waals surface area contributed by atoms with Crippen LogP contribution in [-0.2, 0) is 9.53 Å². The Hall–Kier alpha value is -3.35. The predicted molar refractivity (Wildman–Crippen MR) is 91.3 cm³/mol. The van der Waals surface area contributed by atoms with Crippen molar-refractivity contribution in [1.29, 1.82) is 0 Å². The smallest absolute Gasteiger partial charge is 0.342 e. The predicted octanol–water partition coefficient (Wildman–Crippen LogP) is 1.98. The number of aryl methyl sites for hydroxylation is 1. The molecule has 0 saturated carbocycles. The van der Waals surface area contributed by atoms with Gasteiger partial charge in [-0.2, -0.15) is 0 Å². The first-order valence-electron chi connectivity index (χ1n) is 7.49. The SMILES string of the molecule is Cc1ccc(C(=O)OC(C)C(=O)Nc2ccc(C(N)=O)cc2)c(O)c1. The van der Waals surface area contributed by atoms with Crippen LogP contribution in [0, 0.1) is 6.92 Å². The number of carbonyl (C=O) groups is 3. The Kier molecular flexibility index (Phi) is 5.38. The first-order valence-corrected chi connectivity index (χ1v) is 7.49. The highest BCUT2D eigenvalue weighted by atomic mass is 16.5. The van der Waals surface area contributed by atoms with Crippen LogP contribution in [0.3, 0.4) is 0 Å². The normalized spacial score (nSPS) is 11.4. The topological polar surface area (TPSA) is 119 Å². The van der Waals surface area contributed by atoms with E-state index in [-0.39, 0.29) is 11.3 Å². The van der Waals surface area contributed by atoms with Gasteiger partial charge in [0.15, 0.2) is 6.10 Å². The maximum atomic E-state index is 12.1. The lowest BCUT2D eigenvalue weighted by molar-refractivity contribution is -0.123. The van der Waals surface area contributed by atoms with E-state index < -0.39 is 23.9 Å². The molecule has 2 aromatic rings. The summed E-state index contributed by atoms with van der Waals surface area (Å²) in [6.07, 6.45) is -1.08. The number of hydrogen-bond acceptors (Lipinski definition) is 5. The maximum absolute atomic E-state index is 12.1. The van der Waals surface area contributed by atoms with E-state index in [9.17, 15) is 19.5 Å². The molecule has 0 spiro atoms. The number of hydrogen-bond donors (Lipinski definition) is 3. The molecule has 7 nitrogen and oxygen atoms in total. The minimum atomic E-state index is -1.08. The van der Waals surface area contributed by atoms with Crippen molar-refractivity contribution in [3.05, 3.63) is 59.2 Å². The van der Waals surface area contributed by atoms with Crippen LogP contribution in [0.5, 0.6) is 5.75 Å². The molecule has 25 heavy (non-hydrogen) atoms. The Morgan fingerprint density at radius 3 is 2.32 bits per heavy atom. The number of carbonyl (C=O) groups excluding carboxylic acids is 3. The fourth-order valence-corrected chi connectivity index (χ4v) is 2.05. The summed E-state index contributed by atoms with van der Waals surface area (Å²) in [6, 6.07) is 10.5. The van der Waals surface area contributed by atoms with Crippen LogP contribution in [0.2, 0.25) is 0 Å². The monoisotopic (exact) mass is 342 g/mol. The summed E-state index contributed by atoms with van der Waals surface area (Å²) >= 11 is 0. The van der Waals surface area contributed by atoms with Crippen molar-refractivity contribution in [3.8, 4) is 5.75 Å². The van der Waals surface area contributed by atoms with Crippen molar-refractivity contribution in [2.24, 2.45) is 5.73 Å². The van der Waals surface area contributed by atoms with Crippen molar-refractivity contribution < 1.29 is 24.2 Å². The lowest BCUT2D eigenvalue weighted by Crippen LogP contribution is -2.30. The third-order valence-electron chi connectivity index (χ3n) is 3.46. The number of nitrogens with one attached hydrogen (secondary N) is 1. The van der Waals surface area contributed by atoms with Crippen LogP contribution in [0.1, 0.15) is 33.2 Å². The van der Waals surface area contributed by atoms with Gasteiger partial charge in [-0.25, -0.2) is 4.79 Å². The van der Waals surface area contributed by atoms with Crippen molar-refractivity contribution in [1.82, 2.24) is 0 Å². The number of phenols is 1. The zero-order valence-electron chi connectivity index (χ0n) is 13.8. The number of phenolic OH excluding ortho intramolecular Hbond substituents is 1. The summed E-state index contributed by atoms with van der Waals surface area (Å²) in [5.41, 5.74) is 6.65. The molecule has 0 bridgehead atoms. The first kappa shape index (κ1) is 18.0. The van der Waals surface area contributed by atoms with Crippen LogP contribution in [0.15, 0.2) is 42.5 Å². The van der Waals surface area contributed by atoms with E-state index in [0.717, 1.165) is 5.56 Å². The second-order valence-electron chi connectivity index (χ2n) is 5.50. The molecule has 2 amide bonds. The average Bonchev–Trinajstić information content (AvgIpc) is 2.55. The number of anilines is 1. The molecule has 2 rings (SSSR count). The molecule has 0 aliphatic rings. The average molecular weight is 342 g/mol. The molecule has 0 heterocycles. The van der Waals surface area contributed by atoms with Gasteiger partial charge in [0, 0.05) is 11.3 Å². The van der Waals surface area contributed by atoms with Crippen LogP contribution >= 0.6 is 0 Å². The van der Waals surface area contributed by atoms with Gasteiger partial charge in [0.2, 0.25) is 5.91 Å². The number of primary amides is 1. The second-order valence-corrected chi connectivity index (χ2v) is 5.50. The molecule has 0 aliphatic heterocycles. The molecule has 130 valence electrons. The quantitative estimate of drug-likeness (QED) is 0.718. The standard InChI is InChI=1S/C18H18N2O5/c1-10-3-8-14(15(21)9-10)18(24)25-11(2)17(23)20-13-6-4-12(5-7-13)16(19)22/h3-9,11,21H,1-2H3,(H2,19,22)(H,20,23). The number of rotatable bonds is 5. The van der Waals surface area contributed by atoms with E-state index in [2.05, 4.69) is 5.32 Å². The van der Waals surface area contributed by atoms with E-state index in [1.165, 1.54) is 43.3 Å². The minimum absolute atomic E-state index is 0.0175. The van der Waals surface area contributed by atoms with Crippen LogP contribution in [0.25, 0.3) is 0 Å². The Bertz CT molecular complexity index is 815. The number of amides is 2. The van der Waals surface area contributed by atoms with Gasteiger partial charge in [-0.15, -0.1) is 0 Å². The third-order valence-corrected chi connectivity index (χ3v) is 3.46. The van der Waals surface area contributed by atoms with Gasteiger partial charge in [0.25, 0.3) is 5.91 Å². The van der Waals surface area contributed by atoms with Gasteiger partial charge in [0.1, 0.15) is 11.3 Å². The van der Waals surface area contributed by atoms with Crippen LogP contribution in [-0.4, -0.2) is 29.0 Å². The zero-order chi connectivity index (χ0) is 18.6. The lowest BCUT2D eigenvalue weighted by atomic mass is 10.1. The van der Waals surface area contributed by atoms with Gasteiger partial charge in [-0.3, -0.25) is 9.59 Å². The van der Waals surface area contributed by atoms with Gasteiger partial charge in [-0.1, -0.05) is 6.07 Å². The van der Waals surface area contributed by atoms with Gasteiger partial charge in [0.05, 0.1) is 0 Å². The Morgan fingerprint density at radius 1 is 1.12 bits per heavy atom. The summed E-state index contributed by atoms with van der Waals surface area (Å²) in [5.74, 6) is -2.13. The fraction of sp³-hybridized carbons (Fsp3) is 0.167. The maximum Gasteiger partial charge on any atom is 0.342 e. The van der Waals surface area contributed by atoms with E-state index in [0.29, 0.717) is 11.3 Å². The number of benzene rings is 2. The molecular formula is C18H18N2O5. The third kappa shape index (κ3) is 4.57. The fourth-order valence-electron chi connectivity index (χ4n) is 2.05. The number of aromatic hydroxyl groups is 1. The molecule has 4 N–H and O–H groups in total. The summed E-state index contributed by atoms with van der Waals surface area (Å²) in [7, 11) is 0. The van der Waals surface area contributed by atoms with Gasteiger partial charge in [-0.05, 0) is 55.8 Å². The molecule has 2 aromatic carbocycles. The largest absolute Gasteiger partial charge is 0.507 e. The number of nitrogens with two attached hydrogens (primary N) is 1. The Labute approximate surface area is 144 Å². The highest BCUT2D eigenvalue weighted by Gasteiger charge is 2.21. The summed E-state index contributed by atoms with van der Waals surface area (Å²) in [4.78, 5) is 35.1. The van der Waals surface area contributed by atoms with E-state index >= 15 is 0 Å². The molecule has 1 atom stereocenters. The Morgan fingerprint density at radius 2 is 1.76 bits per heavy atom. The highest BCUT2D eigenvalue weighted by molar-refractivity contribution is 5.99. The number of ether oxygens (including phenoxy) is 1. The van der Waals surface area contributed by atoms with Gasteiger partial charge >= 0.3 is 5.97 Å². The molecule has 0 aliphatic carbocycles. The van der Waals surface area contributed by atoms with Gasteiger partial charge < -0.3 is 20.9 Å². The molecule has 0 fully saturated rings. The second kappa shape index (κ2) is 7.48. The lowest BCUT2D eigenvalue weighted by Gasteiger charge is -2.14. The van der Waals surface area contributed by atoms with Crippen LogP contribution in [0.4, 0.5) is 5.69 Å². The van der Waals surface area contributed by atoms with Crippen molar-refractivity contribution in [2.45, 2.75) is 20.0 Å². The number of esters is 1. The van der Waals surface area contributed by atoms with Crippen LogP contribution < -0.4 is 11.1 Å². The summed E-state index contributed by atoms with van der Waals surface area (Å²) < 4.78 is 5.07. The summed E-state index contributed by atoms with van der Waals surface area (Å²) in [6.45, 7) is 3.19. The highest BCUT2D eigenvalue weighted by Crippen LogP contribution is 2.20. The molecular weight excluding hydrogens is 324 g/mol. The van der Waals surface area contributed by atoms with E-state index in [4.69, 9.17) is 10.5 Å². The summed E-state index contributed by atoms with van der Waals surface area (Å²) in [5, 5.41) is 12.3. The molecule has 7 heteroatoms. The first-order chi connectivity index (χ1) is 11.8. The van der Waals surface area contributed by atoms with Crippen molar-refractivity contribution in [2.75, 3.05) is 5.32 Å². The Balaban J connectivity index is 1.99. The zero-order valence-corrected chi connectivity index (χ0v) is 13.8. The van der Waals surface area contributed by atoms with Crippen molar-refractivity contribution >= 4 is 23.5 Å². The van der Waals surface area contributed by atoms with E-state index in [1.54, 1.807) is 13.0 Å².